The molecule has 4 aromatic carbocycles. The third kappa shape index (κ3) is 3.58. The fraction of sp³-hybridized carbons (Fsp3) is 0.0690. The van der Waals surface area contributed by atoms with E-state index in [1.54, 1.807) is 0 Å². The quantitative estimate of drug-likeness (QED) is 0.268. The van der Waals surface area contributed by atoms with E-state index >= 15 is 0 Å². The summed E-state index contributed by atoms with van der Waals surface area (Å²) in [7, 11) is 0. The van der Waals surface area contributed by atoms with Crippen LogP contribution in [0, 0.1) is 0 Å². The highest BCUT2D eigenvalue weighted by molar-refractivity contribution is 6.31. The predicted molar refractivity (Wildman–Crippen MR) is 143 cm³/mol. The van der Waals surface area contributed by atoms with Gasteiger partial charge in [-0.15, -0.1) is 0 Å². The predicted octanol–water partition coefficient (Wildman–Crippen LogP) is 8.77. The second-order valence-electron chi connectivity index (χ2n) is 8.51. The van der Waals surface area contributed by atoms with Crippen molar-refractivity contribution in [3.63, 3.8) is 0 Å². The second kappa shape index (κ2) is 8.35. The first-order valence-electron chi connectivity index (χ1n) is 11.2. The summed E-state index contributed by atoms with van der Waals surface area (Å²) in [6, 6.07) is 30.9. The summed E-state index contributed by atoms with van der Waals surface area (Å²) in [5.74, 6) is 0. The average molecular weight is 482 g/mol. The maximum atomic E-state index is 6.26. The SMILES string of the molecule is CC(c1cccc2ccccc12)n1cnc(-c2ccc(Cl)cc2)c1-c1cc2ccc(Cl)cc2[nH]1. The van der Waals surface area contributed by atoms with Gasteiger partial charge in [-0.3, -0.25) is 0 Å². The normalized spacial score (nSPS) is 12.4. The highest BCUT2D eigenvalue weighted by Gasteiger charge is 2.22. The van der Waals surface area contributed by atoms with Crippen LogP contribution in [0.2, 0.25) is 10.0 Å². The fourth-order valence-electron chi connectivity index (χ4n) is 4.73. The molecule has 1 atom stereocenters. The van der Waals surface area contributed by atoms with E-state index in [2.05, 4.69) is 65.0 Å². The smallest absolute Gasteiger partial charge is 0.0978 e. The number of benzene rings is 4. The van der Waals surface area contributed by atoms with Gasteiger partial charge in [0.15, 0.2) is 0 Å². The Morgan fingerprint density at radius 3 is 2.41 bits per heavy atom. The molecule has 2 heterocycles. The van der Waals surface area contributed by atoms with E-state index in [4.69, 9.17) is 28.2 Å². The first-order chi connectivity index (χ1) is 16.6. The third-order valence-corrected chi connectivity index (χ3v) is 6.93. The number of aromatic amines is 1. The lowest BCUT2D eigenvalue weighted by molar-refractivity contribution is 0.648. The van der Waals surface area contributed by atoms with Gasteiger partial charge in [0.2, 0.25) is 0 Å². The number of nitrogens with one attached hydrogen (secondary N) is 1. The minimum Gasteiger partial charge on any atom is -0.353 e. The molecular weight excluding hydrogens is 461 g/mol. The van der Waals surface area contributed by atoms with Crippen molar-refractivity contribution in [2.45, 2.75) is 13.0 Å². The second-order valence-corrected chi connectivity index (χ2v) is 9.39. The Hall–Kier alpha value is -3.53. The number of imidazole rings is 1. The average Bonchev–Trinajstić information content (AvgIpc) is 3.47. The topological polar surface area (TPSA) is 33.6 Å². The number of hydrogen-bond donors (Lipinski definition) is 1. The molecule has 0 fully saturated rings. The van der Waals surface area contributed by atoms with Crippen LogP contribution >= 0.6 is 23.2 Å². The van der Waals surface area contributed by atoms with Gasteiger partial charge in [-0.25, -0.2) is 4.98 Å². The number of hydrogen-bond acceptors (Lipinski definition) is 1. The van der Waals surface area contributed by atoms with Crippen molar-refractivity contribution in [1.29, 1.82) is 0 Å². The monoisotopic (exact) mass is 481 g/mol. The molecule has 166 valence electrons. The summed E-state index contributed by atoms with van der Waals surface area (Å²) in [4.78, 5) is 8.45. The molecule has 0 bridgehead atoms. The van der Waals surface area contributed by atoms with Gasteiger partial charge in [0.25, 0.3) is 0 Å². The molecular formula is C29H21Cl2N3. The molecule has 0 spiro atoms. The molecule has 0 saturated heterocycles. The Labute approximate surface area is 207 Å². The van der Waals surface area contributed by atoms with E-state index in [1.165, 1.54) is 16.3 Å². The molecule has 3 nitrogen and oxygen atoms in total. The van der Waals surface area contributed by atoms with Crippen molar-refractivity contribution < 1.29 is 0 Å². The van der Waals surface area contributed by atoms with Crippen molar-refractivity contribution in [3.8, 4) is 22.6 Å². The van der Waals surface area contributed by atoms with Crippen molar-refractivity contribution in [2.75, 3.05) is 0 Å². The molecule has 0 aliphatic heterocycles. The molecule has 0 saturated carbocycles. The Balaban J connectivity index is 1.58. The summed E-state index contributed by atoms with van der Waals surface area (Å²) in [5.41, 5.74) is 6.18. The van der Waals surface area contributed by atoms with Gasteiger partial charge in [0, 0.05) is 26.5 Å². The summed E-state index contributed by atoms with van der Waals surface area (Å²) < 4.78 is 2.25. The van der Waals surface area contributed by atoms with Gasteiger partial charge in [-0.05, 0) is 53.6 Å². The number of halogens is 2. The number of nitrogens with zero attached hydrogens (tertiary/aromatic N) is 2. The fourth-order valence-corrected chi connectivity index (χ4v) is 5.03. The van der Waals surface area contributed by atoms with Gasteiger partial charge < -0.3 is 9.55 Å². The van der Waals surface area contributed by atoms with Crippen molar-refractivity contribution >= 4 is 44.9 Å². The molecule has 0 radical (unpaired) electrons. The molecule has 34 heavy (non-hydrogen) atoms. The lowest BCUT2D eigenvalue weighted by Gasteiger charge is -2.19. The van der Waals surface area contributed by atoms with Gasteiger partial charge in [0.05, 0.1) is 29.5 Å². The van der Waals surface area contributed by atoms with Gasteiger partial charge >= 0.3 is 0 Å². The zero-order valence-electron chi connectivity index (χ0n) is 18.5. The molecule has 5 heteroatoms. The minimum absolute atomic E-state index is 0.0599. The number of aromatic nitrogens is 3. The van der Waals surface area contributed by atoms with E-state index in [1.807, 2.05) is 48.8 Å². The van der Waals surface area contributed by atoms with Crippen LogP contribution in [0.15, 0.2) is 97.3 Å². The van der Waals surface area contributed by atoms with Crippen LogP contribution in [0.5, 0.6) is 0 Å². The van der Waals surface area contributed by atoms with Crippen molar-refractivity contribution in [3.05, 3.63) is 113 Å². The van der Waals surface area contributed by atoms with E-state index in [0.29, 0.717) is 10.0 Å². The third-order valence-electron chi connectivity index (χ3n) is 6.44. The molecule has 6 aromatic rings. The van der Waals surface area contributed by atoms with Crippen LogP contribution < -0.4 is 0 Å². The molecule has 0 amide bonds. The van der Waals surface area contributed by atoms with Crippen LogP contribution in [-0.2, 0) is 0 Å². The largest absolute Gasteiger partial charge is 0.353 e. The van der Waals surface area contributed by atoms with Gasteiger partial charge in [-0.1, -0.05) is 83.9 Å². The van der Waals surface area contributed by atoms with E-state index in [9.17, 15) is 0 Å². The maximum Gasteiger partial charge on any atom is 0.0978 e. The Morgan fingerprint density at radius 2 is 1.56 bits per heavy atom. The molecule has 2 aromatic heterocycles. The highest BCUT2D eigenvalue weighted by Crippen LogP contribution is 2.37. The maximum absolute atomic E-state index is 6.26. The van der Waals surface area contributed by atoms with Crippen molar-refractivity contribution in [1.82, 2.24) is 14.5 Å². The zero-order chi connectivity index (χ0) is 23.2. The van der Waals surface area contributed by atoms with E-state index in [-0.39, 0.29) is 6.04 Å². The highest BCUT2D eigenvalue weighted by atomic mass is 35.5. The molecule has 6 rings (SSSR count). The number of rotatable bonds is 4. The lowest BCUT2D eigenvalue weighted by atomic mass is 9.99. The first-order valence-corrected chi connectivity index (χ1v) is 11.9. The van der Waals surface area contributed by atoms with Crippen molar-refractivity contribution in [2.24, 2.45) is 0 Å². The number of H-pyrrole nitrogens is 1. The van der Waals surface area contributed by atoms with E-state index in [0.717, 1.165) is 33.5 Å². The van der Waals surface area contributed by atoms with Crippen LogP contribution in [0.1, 0.15) is 18.5 Å². The number of fused-ring (bicyclic) bond motifs is 2. The first kappa shape index (κ1) is 21.0. The summed E-state index contributed by atoms with van der Waals surface area (Å²) >= 11 is 12.4. The van der Waals surface area contributed by atoms with Gasteiger partial charge in [-0.2, -0.15) is 0 Å². The minimum atomic E-state index is 0.0599. The summed E-state index contributed by atoms with van der Waals surface area (Å²) in [6.45, 7) is 2.22. The van der Waals surface area contributed by atoms with E-state index < -0.39 is 0 Å². The summed E-state index contributed by atoms with van der Waals surface area (Å²) in [6.07, 6.45) is 1.93. The van der Waals surface area contributed by atoms with Crippen LogP contribution in [0.4, 0.5) is 0 Å². The molecule has 1 N–H and O–H groups in total. The standard InChI is InChI=1S/C29H21Cl2N3/c1-18(24-8-4-6-19-5-2-3-7-25(19)24)34-17-32-28(20-9-12-22(30)13-10-20)29(34)27-15-21-11-14-23(31)16-26(21)33-27/h2-18,33H,1H3. The Morgan fingerprint density at radius 1 is 0.794 bits per heavy atom. The molecule has 0 aliphatic rings. The lowest BCUT2D eigenvalue weighted by Crippen LogP contribution is -2.08. The molecule has 0 aliphatic carbocycles. The zero-order valence-corrected chi connectivity index (χ0v) is 20.0. The van der Waals surface area contributed by atoms with Gasteiger partial charge in [0.1, 0.15) is 0 Å². The molecule has 1 unspecified atom stereocenters. The Bertz CT molecular complexity index is 1640. The summed E-state index contributed by atoms with van der Waals surface area (Å²) in [5, 5.41) is 4.98. The van der Waals surface area contributed by atoms with Crippen LogP contribution in [-0.4, -0.2) is 14.5 Å². The Kier molecular flexibility index (Phi) is 5.17. The van der Waals surface area contributed by atoms with Crippen LogP contribution in [0.25, 0.3) is 44.3 Å². The van der Waals surface area contributed by atoms with Crippen LogP contribution in [0.3, 0.4) is 0 Å².